The summed E-state index contributed by atoms with van der Waals surface area (Å²) in [7, 11) is 4.12. The van der Waals surface area contributed by atoms with Crippen LogP contribution in [0.15, 0.2) is 65.6 Å². The molecule has 178 valence electrons. The Bertz CT molecular complexity index is 1200. The SMILES string of the molecule is CN(C)c1cccc2c(SNCCCCCC3(c4cccc(Cl)c4)NC(=O)NC3=O)cccc12. The third kappa shape index (κ3) is 5.17. The molecule has 8 heteroatoms. The quantitative estimate of drug-likeness (QED) is 0.198. The largest absolute Gasteiger partial charge is 0.377 e. The highest BCUT2D eigenvalue weighted by Gasteiger charge is 2.47. The van der Waals surface area contributed by atoms with E-state index >= 15 is 0 Å². The van der Waals surface area contributed by atoms with Gasteiger partial charge in [-0.3, -0.25) is 14.8 Å². The lowest BCUT2D eigenvalue weighted by atomic mass is 9.85. The van der Waals surface area contributed by atoms with E-state index in [9.17, 15) is 9.59 Å². The predicted molar refractivity (Wildman–Crippen MR) is 140 cm³/mol. The maximum atomic E-state index is 12.7. The Labute approximate surface area is 209 Å². The van der Waals surface area contributed by atoms with Gasteiger partial charge in [0.2, 0.25) is 0 Å². The number of imide groups is 1. The van der Waals surface area contributed by atoms with Crippen molar-refractivity contribution in [3.05, 3.63) is 71.2 Å². The molecule has 1 aliphatic rings. The zero-order valence-corrected chi connectivity index (χ0v) is 20.9. The summed E-state index contributed by atoms with van der Waals surface area (Å²) in [4.78, 5) is 27.9. The highest BCUT2D eigenvalue weighted by molar-refractivity contribution is 7.97. The Morgan fingerprint density at radius 1 is 0.971 bits per heavy atom. The average molecular weight is 497 g/mol. The molecule has 3 aromatic carbocycles. The summed E-state index contributed by atoms with van der Waals surface area (Å²) < 4.78 is 3.47. The molecule has 0 spiro atoms. The van der Waals surface area contributed by atoms with E-state index in [1.165, 1.54) is 21.4 Å². The van der Waals surface area contributed by atoms with Crippen molar-refractivity contribution in [2.24, 2.45) is 0 Å². The van der Waals surface area contributed by atoms with Crippen LogP contribution in [0.25, 0.3) is 10.8 Å². The number of nitrogens with one attached hydrogen (secondary N) is 3. The summed E-state index contributed by atoms with van der Waals surface area (Å²) >= 11 is 7.79. The molecule has 0 saturated carbocycles. The fraction of sp³-hybridized carbons (Fsp3) is 0.308. The van der Waals surface area contributed by atoms with E-state index < -0.39 is 11.6 Å². The Morgan fingerprint density at radius 3 is 2.47 bits per heavy atom. The van der Waals surface area contributed by atoms with Crippen LogP contribution < -0.4 is 20.3 Å². The van der Waals surface area contributed by atoms with Gasteiger partial charge in [-0.05, 0) is 60.0 Å². The van der Waals surface area contributed by atoms with E-state index in [2.05, 4.69) is 70.7 Å². The lowest BCUT2D eigenvalue weighted by Gasteiger charge is -2.26. The van der Waals surface area contributed by atoms with E-state index in [1.54, 1.807) is 30.1 Å². The molecule has 1 unspecified atom stereocenters. The molecule has 1 aliphatic heterocycles. The van der Waals surface area contributed by atoms with Gasteiger partial charge in [0.15, 0.2) is 0 Å². The molecule has 0 radical (unpaired) electrons. The van der Waals surface area contributed by atoms with E-state index in [-0.39, 0.29) is 5.91 Å². The first-order valence-electron chi connectivity index (χ1n) is 11.4. The summed E-state index contributed by atoms with van der Waals surface area (Å²) in [5.74, 6) is -0.318. The van der Waals surface area contributed by atoms with Gasteiger partial charge in [0.05, 0.1) is 0 Å². The number of halogens is 1. The maximum absolute atomic E-state index is 12.7. The minimum absolute atomic E-state index is 0.318. The summed E-state index contributed by atoms with van der Waals surface area (Å²) in [5.41, 5.74) is 0.860. The van der Waals surface area contributed by atoms with Crippen LogP contribution in [0.3, 0.4) is 0 Å². The van der Waals surface area contributed by atoms with Crippen molar-refractivity contribution in [3.63, 3.8) is 0 Å². The molecule has 1 saturated heterocycles. The van der Waals surface area contributed by atoms with Crippen molar-refractivity contribution < 1.29 is 9.59 Å². The monoisotopic (exact) mass is 496 g/mol. The number of fused-ring (bicyclic) bond motifs is 1. The topological polar surface area (TPSA) is 73.5 Å². The molecule has 0 aliphatic carbocycles. The number of nitrogens with zero attached hydrogens (tertiary/aromatic N) is 1. The fourth-order valence-corrected chi connectivity index (χ4v) is 5.43. The molecule has 1 heterocycles. The van der Waals surface area contributed by atoms with Crippen molar-refractivity contribution in [2.45, 2.75) is 36.1 Å². The molecule has 3 amide bonds. The number of urea groups is 1. The van der Waals surface area contributed by atoms with Gasteiger partial charge in [0.25, 0.3) is 5.91 Å². The number of hydrogen-bond acceptors (Lipinski definition) is 5. The molecule has 0 aromatic heterocycles. The van der Waals surface area contributed by atoms with Gasteiger partial charge < -0.3 is 10.2 Å². The molecule has 1 atom stereocenters. The first-order chi connectivity index (χ1) is 16.4. The van der Waals surface area contributed by atoms with Gasteiger partial charge in [-0.25, -0.2) is 4.79 Å². The normalized spacial score (nSPS) is 17.6. The van der Waals surface area contributed by atoms with Crippen molar-refractivity contribution in [1.82, 2.24) is 15.4 Å². The van der Waals surface area contributed by atoms with Gasteiger partial charge in [-0.1, -0.05) is 60.8 Å². The van der Waals surface area contributed by atoms with Crippen LogP contribution in [0, 0.1) is 0 Å². The van der Waals surface area contributed by atoms with Crippen LogP contribution in [-0.4, -0.2) is 32.6 Å². The van der Waals surface area contributed by atoms with Crippen molar-refractivity contribution in [1.29, 1.82) is 0 Å². The number of carbonyl (C=O) groups is 2. The first kappa shape index (κ1) is 24.4. The van der Waals surface area contributed by atoms with Gasteiger partial charge in [0, 0.05) is 41.6 Å². The number of unbranched alkanes of at least 4 members (excludes halogenated alkanes) is 2. The second-order valence-corrected chi connectivity index (χ2v) is 10.0. The molecule has 1 fully saturated rings. The third-order valence-electron chi connectivity index (χ3n) is 6.11. The smallest absolute Gasteiger partial charge is 0.322 e. The van der Waals surface area contributed by atoms with Crippen molar-refractivity contribution in [3.8, 4) is 0 Å². The maximum Gasteiger partial charge on any atom is 0.322 e. The highest BCUT2D eigenvalue weighted by atomic mass is 35.5. The molecule has 34 heavy (non-hydrogen) atoms. The molecule has 0 bridgehead atoms. The van der Waals surface area contributed by atoms with E-state index in [4.69, 9.17) is 11.6 Å². The lowest BCUT2D eigenvalue weighted by molar-refractivity contribution is -0.124. The fourth-order valence-electron chi connectivity index (χ4n) is 4.41. The molecule has 3 aromatic rings. The van der Waals surface area contributed by atoms with Crippen LogP contribution in [0.4, 0.5) is 10.5 Å². The van der Waals surface area contributed by atoms with Crippen molar-refractivity contribution in [2.75, 3.05) is 25.5 Å². The Morgan fingerprint density at radius 2 is 1.74 bits per heavy atom. The number of benzene rings is 3. The van der Waals surface area contributed by atoms with Gasteiger partial charge in [-0.15, -0.1) is 0 Å². The molecule has 4 rings (SSSR count). The average Bonchev–Trinajstić information content (AvgIpc) is 3.11. The summed E-state index contributed by atoms with van der Waals surface area (Å²) in [6, 6.07) is 19.4. The number of anilines is 1. The number of rotatable bonds is 10. The van der Waals surface area contributed by atoms with Crippen LogP contribution >= 0.6 is 23.5 Å². The zero-order chi connectivity index (χ0) is 24.1. The van der Waals surface area contributed by atoms with Gasteiger partial charge in [0.1, 0.15) is 5.54 Å². The molecule has 6 nitrogen and oxygen atoms in total. The highest BCUT2D eigenvalue weighted by Crippen LogP contribution is 2.33. The van der Waals surface area contributed by atoms with Crippen LogP contribution in [0.1, 0.15) is 31.2 Å². The lowest BCUT2D eigenvalue weighted by Crippen LogP contribution is -2.43. The van der Waals surface area contributed by atoms with E-state index in [0.717, 1.165) is 25.8 Å². The number of amides is 3. The Kier molecular flexibility index (Phi) is 7.66. The molecule has 3 N–H and O–H groups in total. The molecular formula is C26H29ClN4O2S. The number of hydrogen-bond donors (Lipinski definition) is 3. The Hall–Kier alpha value is -2.74. The first-order valence-corrected chi connectivity index (χ1v) is 12.6. The minimum Gasteiger partial charge on any atom is -0.377 e. The summed E-state index contributed by atoms with van der Waals surface area (Å²) in [6.07, 6.45) is 3.21. The minimum atomic E-state index is -1.06. The summed E-state index contributed by atoms with van der Waals surface area (Å²) in [5, 5.41) is 8.22. The Balaban J connectivity index is 1.30. The van der Waals surface area contributed by atoms with Crippen LogP contribution in [0.5, 0.6) is 0 Å². The summed E-state index contributed by atoms with van der Waals surface area (Å²) in [6.45, 7) is 0.844. The third-order valence-corrected chi connectivity index (χ3v) is 7.27. The van der Waals surface area contributed by atoms with Crippen molar-refractivity contribution >= 4 is 51.9 Å². The predicted octanol–water partition coefficient (Wildman–Crippen LogP) is 5.45. The second-order valence-electron chi connectivity index (χ2n) is 8.65. The standard InChI is InChI=1S/C26H29ClN4O2S/c1-31(2)22-13-7-12-21-20(22)11-8-14-23(21)34-28-16-5-3-4-15-26(24(32)29-25(33)30-26)18-9-6-10-19(27)17-18/h6-14,17,28H,3-5,15-16H2,1-2H3,(H2,29,30,32,33). The van der Waals surface area contributed by atoms with Crippen LogP contribution in [-0.2, 0) is 10.3 Å². The number of carbonyl (C=O) groups excluding carboxylic acids is 2. The zero-order valence-electron chi connectivity index (χ0n) is 19.4. The van der Waals surface area contributed by atoms with E-state index in [0.29, 0.717) is 17.0 Å². The van der Waals surface area contributed by atoms with Crippen LogP contribution in [0.2, 0.25) is 5.02 Å². The van der Waals surface area contributed by atoms with E-state index in [1.807, 2.05) is 6.07 Å². The van der Waals surface area contributed by atoms with Gasteiger partial charge in [-0.2, -0.15) is 0 Å². The second kappa shape index (κ2) is 10.7. The van der Waals surface area contributed by atoms with Gasteiger partial charge >= 0.3 is 6.03 Å². The molecular weight excluding hydrogens is 468 g/mol.